The topological polar surface area (TPSA) is 75.3 Å². The van der Waals surface area contributed by atoms with E-state index in [0.717, 1.165) is 11.1 Å². The van der Waals surface area contributed by atoms with Crippen LogP contribution < -0.4 is 10.0 Å². The number of hydrogen-bond acceptors (Lipinski definition) is 3. The molecule has 5 nitrogen and oxygen atoms in total. The van der Waals surface area contributed by atoms with Gasteiger partial charge >= 0.3 is 0 Å². The summed E-state index contributed by atoms with van der Waals surface area (Å²) in [5, 5.41) is 3.11. The van der Waals surface area contributed by atoms with Gasteiger partial charge in [0.1, 0.15) is 0 Å². The molecular weight excluding hydrogens is 348 g/mol. The van der Waals surface area contributed by atoms with Crippen LogP contribution in [0.2, 0.25) is 5.02 Å². The van der Waals surface area contributed by atoms with Crippen molar-refractivity contribution in [2.75, 3.05) is 11.9 Å². The Morgan fingerprint density at radius 1 is 1.04 bits per heavy atom. The molecule has 128 valence electrons. The fraction of sp³-hybridized carbons (Fsp3) is 0.235. The maximum Gasteiger partial charge on any atom is 0.240 e. The molecule has 2 aromatic carbocycles. The van der Waals surface area contributed by atoms with Crippen molar-refractivity contribution in [1.82, 2.24) is 4.72 Å². The molecule has 2 aromatic rings. The van der Waals surface area contributed by atoms with Crippen LogP contribution in [0.15, 0.2) is 47.4 Å². The van der Waals surface area contributed by atoms with Crippen molar-refractivity contribution < 1.29 is 13.2 Å². The highest BCUT2D eigenvalue weighted by molar-refractivity contribution is 7.89. The predicted molar refractivity (Wildman–Crippen MR) is 95.8 cm³/mol. The molecule has 7 heteroatoms. The first-order chi connectivity index (χ1) is 11.3. The van der Waals surface area contributed by atoms with Gasteiger partial charge in [-0.25, -0.2) is 13.1 Å². The molecule has 0 aromatic heterocycles. The van der Waals surface area contributed by atoms with E-state index in [0.29, 0.717) is 10.7 Å². The van der Waals surface area contributed by atoms with E-state index >= 15 is 0 Å². The number of carbonyl (C=O) groups is 1. The molecule has 0 unspecified atom stereocenters. The van der Waals surface area contributed by atoms with Gasteiger partial charge in [-0.3, -0.25) is 4.79 Å². The lowest BCUT2D eigenvalue weighted by molar-refractivity contribution is -0.116. The van der Waals surface area contributed by atoms with Crippen LogP contribution >= 0.6 is 11.6 Å². The van der Waals surface area contributed by atoms with E-state index in [1.165, 1.54) is 12.1 Å². The summed E-state index contributed by atoms with van der Waals surface area (Å²) in [7, 11) is -3.62. The van der Waals surface area contributed by atoms with Crippen molar-refractivity contribution in [1.29, 1.82) is 0 Å². The number of aryl methyl sites for hydroxylation is 2. The van der Waals surface area contributed by atoms with Gasteiger partial charge in [0.15, 0.2) is 0 Å². The van der Waals surface area contributed by atoms with Gasteiger partial charge in [0.05, 0.1) is 15.6 Å². The molecule has 0 bridgehead atoms. The van der Waals surface area contributed by atoms with Crippen LogP contribution in [0, 0.1) is 13.8 Å². The minimum atomic E-state index is -3.62. The van der Waals surface area contributed by atoms with Crippen LogP contribution in [0.25, 0.3) is 0 Å². The van der Waals surface area contributed by atoms with Gasteiger partial charge < -0.3 is 5.32 Å². The number of amides is 1. The minimum absolute atomic E-state index is 0.00548. The Hall–Kier alpha value is -1.89. The second kappa shape index (κ2) is 7.79. The number of sulfonamides is 1. The summed E-state index contributed by atoms with van der Waals surface area (Å²) in [6.45, 7) is 3.78. The van der Waals surface area contributed by atoms with E-state index in [4.69, 9.17) is 11.6 Å². The van der Waals surface area contributed by atoms with Gasteiger partial charge in [0.2, 0.25) is 15.9 Å². The molecule has 0 saturated heterocycles. The van der Waals surface area contributed by atoms with E-state index in [1.54, 1.807) is 24.3 Å². The molecule has 0 aliphatic heterocycles. The first kappa shape index (κ1) is 18.4. The quantitative estimate of drug-likeness (QED) is 0.823. The monoisotopic (exact) mass is 366 g/mol. The molecule has 0 spiro atoms. The van der Waals surface area contributed by atoms with E-state index in [-0.39, 0.29) is 23.8 Å². The Morgan fingerprint density at radius 2 is 1.67 bits per heavy atom. The van der Waals surface area contributed by atoms with Gasteiger partial charge in [-0.15, -0.1) is 0 Å². The highest BCUT2D eigenvalue weighted by Gasteiger charge is 2.14. The van der Waals surface area contributed by atoms with E-state index in [2.05, 4.69) is 10.0 Å². The number of benzene rings is 2. The molecule has 0 atom stereocenters. The lowest BCUT2D eigenvalue weighted by Gasteiger charge is -2.09. The third-order valence-electron chi connectivity index (χ3n) is 3.37. The molecule has 0 aliphatic rings. The highest BCUT2D eigenvalue weighted by atomic mass is 35.5. The third-order valence-corrected chi connectivity index (χ3v) is 5.16. The van der Waals surface area contributed by atoms with Crippen LogP contribution in [0.3, 0.4) is 0 Å². The zero-order valence-corrected chi connectivity index (χ0v) is 15.0. The predicted octanol–water partition coefficient (Wildman–Crippen LogP) is 3.26. The van der Waals surface area contributed by atoms with Crippen LogP contribution in [0.1, 0.15) is 17.5 Å². The standard InChI is InChI=1S/C17H19ClN2O3S/c1-12-3-6-14(7-4-12)24(22,23)19-10-9-17(21)20-16-8-5-13(2)11-15(16)18/h3-8,11,19H,9-10H2,1-2H3,(H,20,21). The molecule has 0 heterocycles. The summed E-state index contributed by atoms with van der Waals surface area (Å²) in [6, 6.07) is 11.8. The average Bonchev–Trinajstić information content (AvgIpc) is 2.50. The second-order valence-electron chi connectivity index (χ2n) is 5.49. The molecule has 1 amide bonds. The van der Waals surface area contributed by atoms with Gasteiger partial charge in [0, 0.05) is 13.0 Å². The Balaban J connectivity index is 1.89. The number of rotatable bonds is 6. The lowest BCUT2D eigenvalue weighted by Crippen LogP contribution is -2.27. The number of hydrogen-bond donors (Lipinski definition) is 2. The number of carbonyl (C=O) groups excluding carboxylic acids is 1. The average molecular weight is 367 g/mol. The van der Waals surface area contributed by atoms with E-state index < -0.39 is 10.0 Å². The number of nitrogens with one attached hydrogen (secondary N) is 2. The maximum absolute atomic E-state index is 12.1. The number of halogens is 1. The summed E-state index contributed by atoms with van der Waals surface area (Å²) in [5.41, 5.74) is 2.47. The van der Waals surface area contributed by atoms with Crippen LogP contribution in [-0.4, -0.2) is 20.9 Å². The normalized spacial score (nSPS) is 11.3. The molecule has 24 heavy (non-hydrogen) atoms. The lowest BCUT2D eigenvalue weighted by atomic mass is 10.2. The van der Waals surface area contributed by atoms with Crippen molar-refractivity contribution in [3.8, 4) is 0 Å². The summed E-state index contributed by atoms with van der Waals surface area (Å²) in [6.07, 6.45) is 0.00922. The van der Waals surface area contributed by atoms with Gasteiger partial charge in [-0.05, 0) is 43.7 Å². The van der Waals surface area contributed by atoms with Crippen molar-refractivity contribution >= 4 is 33.2 Å². The van der Waals surface area contributed by atoms with E-state index in [1.807, 2.05) is 19.9 Å². The smallest absolute Gasteiger partial charge is 0.240 e. The molecule has 0 radical (unpaired) electrons. The van der Waals surface area contributed by atoms with Crippen LogP contribution in [0.4, 0.5) is 5.69 Å². The van der Waals surface area contributed by atoms with Gasteiger partial charge in [-0.2, -0.15) is 0 Å². The number of anilines is 1. The summed E-state index contributed by atoms with van der Waals surface area (Å²) >= 11 is 6.05. The molecular formula is C17H19ClN2O3S. The minimum Gasteiger partial charge on any atom is -0.325 e. The summed E-state index contributed by atoms with van der Waals surface area (Å²) in [4.78, 5) is 12.1. The molecule has 0 saturated carbocycles. The highest BCUT2D eigenvalue weighted by Crippen LogP contribution is 2.22. The van der Waals surface area contributed by atoms with Crippen LogP contribution in [-0.2, 0) is 14.8 Å². The first-order valence-electron chi connectivity index (χ1n) is 7.40. The molecule has 0 aliphatic carbocycles. The largest absolute Gasteiger partial charge is 0.325 e. The SMILES string of the molecule is Cc1ccc(S(=O)(=O)NCCC(=O)Nc2ccc(C)cc2Cl)cc1. The fourth-order valence-electron chi connectivity index (χ4n) is 2.03. The Labute approximate surface area is 147 Å². The zero-order chi connectivity index (χ0) is 17.7. The molecule has 2 rings (SSSR count). The Kier molecular flexibility index (Phi) is 5.99. The van der Waals surface area contributed by atoms with Crippen LogP contribution in [0.5, 0.6) is 0 Å². The molecule has 0 fully saturated rings. The Bertz CT molecular complexity index is 833. The third kappa shape index (κ3) is 5.06. The van der Waals surface area contributed by atoms with E-state index in [9.17, 15) is 13.2 Å². The first-order valence-corrected chi connectivity index (χ1v) is 9.26. The fourth-order valence-corrected chi connectivity index (χ4v) is 3.35. The Morgan fingerprint density at radius 3 is 2.29 bits per heavy atom. The van der Waals surface area contributed by atoms with Gasteiger partial charge in [0.25, 0.3) is 0 Å². The summed E-state index contributed by atoms with van der Waals surface area (Å²) < 4.78 is 26.6. The molecule has 2 N–H and O–H groups in total. The van der Waals surface area contributed by atoms with Gasteiger partial charge in [-0.1, -0.05) is 35.4 Å². The zero-order valence-electron chi connectivity index (χ0n) is 13.5. The van der Waals surface area contributed by atoms with Crippen molar-refractivity contribution in [2.24, 2.45) is 0 Å². The van der Waals surface area contributed by atoms with Crippen molar-refractivity contribution in [3.63, 3.8) is 0 Å². The summed E-state index contributed by atoms with van der Waals surface area (Å²) in [5.74, 6) is -0.313. The van der Waals surface area contributed by atoms with Crippen molar-refractivity contribution in [2.45, 2.75) is 25.2 Å². The maximum atomic E-state index is 12.1. The van der Waals surface area contributed by atoms with Crippen molar-refractivity contribution in [3.05, 3.63) is 58.6 Å². The second-order valence-corrected chi connectivity index (χ2v) is 7.67.